The zero-order valence-corrected chi connectivity index (χ0v) is 13.8. The van der Waals surface area contributed by atoms with Crippen molar-refractivity contribution in [3.8, 4) is 17.2 Å². The monoisotopic (exact) mass is 400 g/mol. The highest BCUT2D eigenvalue weighted by Gasteiger charge is 2.48. The smallest absolute Gasteiger partial charge is 0.507 e. The summed E-state index contributed by atoms with van der Waals surface area (Å²) in [5.41, 5.74) is -7.20. The molecule has 0 radical (unpaired) electrons. The van der Waals surface area contributed by atoms with Gasteiger partial charge in [0.15, 0.2) is 0 Å². The van der Waals surface area contributed by atoms with Crippen LogP contribution in [-0.4, -0.2) is 24.1 Å². The summed E-state index contributed by atoms with van der Waals surface area (Å²) in [6.45, 7) is -6.70. The highest BCUT2D eigenvalue weighted by atomic mass is 32.2. The number of alkyl halides is 3. The van der Waals surface area contributed by atoms with Crippen LogP contribution in [0.4, 0.5) is 13.2 Å². The Hall–Kier alpha value is -2.16. The minimum absolute atomic E-state index is 0.156. The van der Waals surface area contributed by atoms with E-state index in [-0.39, 0.29) is 18.4 Å². The van der Waals surface area contributed by atoms with Gasteiger partial charge in [-0.1, -0.05) is 23.8 Å². The molecule has 2 rings (SSSR count). The van der Waals surface area contributed by atoms with Gasteiger partial charge in [0, 0.05) is 31.8 Å². The van der Waals surface area contributed by atoms with Crippen molar-refractivity contribution < 1.29 is 47.0 Å². The summed E-state index contributed by atoms with van der Waals surface area (Å²) in [4.78, 5) is 0. The van der Waals surface area contributed by atoms with Crippen LogP contribution in [0.1, 0.15) is 49.0 Å². The molecule has 1 aliphatic rings. The predicted octanol–water partition coefficient (Wildman–Crippen LogP) is 4.34. The zero-order valence-electron chi connectivity index (χ0n) is 21.0. The van der Waals surface area contributed by atoms with Gasteiger partial charge in [0.1, 0.15) is 17.2 Å². The molecule has 9 heteroatoms. The fraction of sp³-hybridized carbons (Fsp3) is 0.412. The van der Waals surface area contributed by atoms with Crippen molar-refractivity contribution in [2.75, 3.05) is 0 Å². The SMILES string of the molecule is [2H]C([2H])=C([C@@H]1CCC(C([2H])([2H])[2H])=C[C@H]1c1c(O)cc(OS(=O)(=O)C(F)(F)F)cc1O)C([2H])([2H])[2H]. The molecule has 0 amide bonds. The van der Waals surface area contributed by atoms with Gasteiger partial charge in [-0.2, -0.15) is 21.6 Å². The number of benzene rings is 1. The van der Waals surface area contributed by atoms with Crippen LogP contribution < -0.4 is 4.18 Å². The van der Waals surface area contributed by atoms with E-state index in [4.69, 9.17) is 11.0 Å². The number of allylic oxidation sites excluding steroid dienone is 3. The molecule has 0 aliphatic heterocycles. The first-order valence-electron chi connectivity index (χ1n) is 11.1. The lowest BCUT2D eigenvalue weighted by Crippen LogP contribution is -2.28. The van der Waals surface area contributed by atoms with Gasteiger partial charge in [0.2, 0.25) is 0 Å². The van der Waals surface area contributed by atoms with Crippen molar-refractivity contribution in [1.82, 2.24) is 0 Å². The van der Waals surface area contributed by atoms with Crippen molar-refractivity contribution in [1.29, 1.82) is 0 Å². The summed E-state index contributed by atoms with van der Waals surface area (Å²) in [5, 5.41) is 20.8. The zero-order chi connectivity index (χ0) is 26.4. The fourth-order valence-electron chi connectivity index (χ4n) is 2.68. The molecule has 0 saturated carbocycles. The van der Waals surface area contributed by atoms with Crippen LogP contribution in [0.3, 0.4) is 0 Å². The first-order valence-corrected chi connectivity index (χ1v) is 8.53. The van der Waals surface area contributed by atoms with Gasteiger partial charge in [-0.25, -0.2) is 0 Å². The van der Waals surface area contributed by atoms with E-state index in [1.165, 1.54) is 0 Å². The van der Waals surface area contributed by atoms with Crippen molar-refractivity contribution in [2.24, 2.45) is 5.92 Å². The Morgan fingerprint density at radius 2 is 2.04 bits per heavy atom. The second-order valence-corrected chi connectivity index (χ2v) is 7.17. The molecular weight excluding hydrogens is 373 g/mol. The van der Waals surface area contributed by atoms with E-state index in [1.54, 1.807) is 0 Å². The van der Waals surface area contributed by atoms with Crippen molar-refractivity contribution in [3.63, 3.8) is 0 Å². The molecule has 26 heavy (non-hydrogen) atoms. The molecule has 2 atom stereocenters. The Bertz CT molecular complexity index is 1100. The average molecular weight is 400 g/mol. The van der Waals surface area contributed by atoms with E-state index in [9.17, 15) is 31.8 Å². The molecule has 0 spiro atoms. The van der Waals surface area contributed by atoms with Crippen molar-refractivity contribution >= 4 is 10.1 Å². The Morgan fingerprint density at radius 3 is 2.54 bits per heavy atom. The molecule has 0 bridgehead atoms. The molecule has 2 N–H and O–H groups in total. The Balaban J connectivity index is 2.70. The Kier molecular flexibility index (Phi) is 3.04. The Labute approximate surface area is 160 Å². The maximum Gasteiger partial charge on any atom is 0.534 e. The van der Waals surface area contributed by atoms with Gasteiger partial charge < -0.3 is 14.4 Å². The first-order chi connectivity index (χ1) is 15.2. The molecular formula is C17H19F3O5S. The van der Waals surface area contributed by atoms with Crippen LogP contribution in [0.5, 0.6) is 17.2 Å². The standard InChI is InChI=1S/C17H19F3O5S/c1-9(2)12-5-4-10(3)6-13(12)16-14(21)7-11(8-15(16)22)25-26(23,24)17(18,19)20/h6-8,12-13,21-22H,1,4-5H2,2-3H3/t12-,13+/m0/s1/i1D2,2D3,3D3. The van der Waals surface area contributed by atoms with Crippen LogP contribution in [0.2, 0.25) is 0 Å². The summed E-state index contributed by atoms with van der Waals surface area (Å²) in [6.07, 6.45) is 0.679. The molecule has 0 saturated heterocycles. The van der Waals surface area contributed by atoms with Crippen LogP contribution in [0.25, 0.3) is 0 Å². The summed E-state index contributed by atoms with van der Waals surface area (Å²) in [6, 6.07) is 0.849. The molecule has 1 aromatic rings. The summed E-state index contributed by atoms with van der Waals surface area (Å²) in [7, 11) is -6.14. The van der Waals surface area contributed by atoms with E-state index in [0.717, 1.165) is 6.08 Å². The van der Waals surface area contributed by atoms with Crippen LogP contribution in [0, 0.1) is 5.92 Å². The normalized spacial score (nSPS) is 26.5. The minimum Gasteiger partial charge on any atom is -0.507 e. The number of hydrogen-bond donors (Lipinski definition) is 2. The Morgan fingerprint density at radius 1 is 1.38 bits per heavy atom. The molecule has 144 valence electrons. The minimum atomic E-state index is -6.14. The third kappa shape index (κ3) is 3.98. The molecule has 0 fully saturated rings. The van der Waals surface area contributed by atoms with Crippen molar-refractivity contribution in [2.45, 2.75) is 38.0 Å². The lowest BCUT2D eigenvalue weighted by atomic mass is 9.74. The lowest BCUT2D eigenvalue weighted by molar-refractivity contribution is -0.0500. The van der Waals surface area contributed by atoms with Gasteiger partial charge in [-0.05, 0) is 32.5 Å². The van der Waals surface area contributed by atoms with Gasteiger partial charge in [0.05, 0.1) is 2.74 Å². The maximum absolute atomic E-state index is 12.6. The lowest BCUT2D eigenvalue weighted by Gasteiger charge is -2.31. The van der Waals surface area contributed by atoms with Gasteiger partial charge in [-0.3, -0.25) is 0 Å². The number of aromatic hydroxyl groups is 2. The summed E-state index contributed by atoms with van der Waals surface area (Å²) in [5.74, 6) is -5.86. The second kappa shape index (κ2) is 6.86. The highest BCUT2D eigenvalue weighted by Crippen LogP contribution is 2.47. The number of rotatable bonds is 4. The number of halogens is 3. The number of phenols is 2. The van der Waals surface area contributed by atoms with Crippen LogP contribution in [-0.2, 0) is 10.1 Å². The van der Waals surface area contributed by atoms with Crippen molar-refractivity contribution in [3.05, 3.63) is 41.4 Å². The quantitative estimate of drug-likeness (QED) is 0.446. The average Bonchev–Trinajstić information content (AvgIpc) is 2.58. The highest BCUT2D eigenvalue weighted by molar-refractivity contribution is 7.88. The third-order valence-electron chi connectivity index (χ3n) is 3.84. The van der Waals surface area contributed by atoms with E-state index < -0.39 is 76.1 Å². The molecule has 1 aromatic carbocycles. The molecule has 0 unspecified atom stereocenters. The fourth-order valence-corrected chi connectivity index (χ4v) is 3.12. The van der Waals surface area contributed by atoms with E-state index in [2.05, 4.69) is 4.18 Å². The van der Waals surface area contributed by atoms with E-state index in [0.29, 0.717) is 12.1 Å². The van der Waals surface area contributed by atoms with Gasteiger partial charge in [-0.15, -0.1) is 0 Å². The van der Waals surface area contributed by atoms with E-state index in [1.807, 2.05) is 0 Å². The predicted molar refractivity (Wildman–Crippen MR) is 89.4 cm³/mol. The summed E-state index contributed by atoms with van der Waals surface area (Å²) >= 11 is 0. The number of hydrogen-bond acceptors (Lipinski definition) is 5. The largest absolute Gasteiger partial charge is 0.534 e. The topological polar surface area (TPSA) is 83.8 Å². The second-order valence-electron chi connectivity index (χ2n) is 5.63. The van der Waals surface area contributed by atoms with Gasteiger partial charge in [0.25, 0.3) is 0 Å². The molecule has 0 heterocycles. The summed E-state index contributed by atoms with van der Waals surface area (Å²) < 4.78 is 125. The third-order valence-corrected chi connectivity index (χ3v) is 4.82. The number of phenolic OH excluding ortho intramolecular Hbond substituents is 2. The molecule has 1 aliphatic carbocycles. The van der Waals surface area contributed by atoms with E-state index >= 15 is 0 Å². The van der Waals surface area contributed by atoms with Gasteiger partial charge >= 0.3 is 15.6 Å². The van der Waals surface area contributed by atoms with Crippen LogP contribution in [0.15, 0.2) is 35.9 Å². The first kappa shape index (κ1) is 11.5. The molecule has 0 aromatic heterocycles. The maximum atomic E-state index is 12.6. The molecule has 5 nitrogen and oxygen atoms in total. The van der Waals surface area contributed by atoms with Crippen LogP contribution >= 0.6 is 0 Å².